The number of hydrogen-bond acceptors (Lipinski definition) is 3. The summed E-state index contributed by atoms with van der Waals surface area (Å²) >= 11 is 5.93. The lowest BCUT2D eigenvalue weighted by atomic mass is 9.97. The van der Waals surface area contributed by atoms with Gasteiger partial charge < -0.3 is 5.11 Å². The predicted octanol–water partition coefficient (Wildman–Crippen LogP) is 3.77. The van der Waals surface area contributed by atoms with Gasteiger partial charge >= 0.3 is 0 Å². The Morgan fingerprint density at radius 1 is 1.27 bits per heavy atom. The second-order valence-electron chi connectivity index (χ2n) is 5.25. The molecule has 0 spiro atoms. The van der Waals surface area contributed by atoms with Gasteiger partial charge in [-0.3, -0.25) is 0 Å². The van der Waals surface area contributed by atoms with Gasteiger partial charge in [-0.2, -0.15) is 9.61 Å². The normalized spacial score (nSPS) is 11.3. The minimum absolute atomic E-state index is 0.0569. The molecule has 2 heterocycles. The van der Waals surface area contributed by atoms with Crippen LogP contribution >= 0.6 is 11.6 Å². The second kappa shape index (κ2) is 5.57. The Hall–Kier alpha value is -2.14. The molecule has 0 saturated carbocycles. The van der Waals surface area contributed by atoms with Crippen molar-refractivity contribution in [2.24, 2.45) is 0 Å². The summed E-state index contributed by atoms with van der Waals surface area (Å²) in [5.41, 5.74) is 4.77. The molecule has 2 aromatic heterocycles. The number of benzene rings is 1. The molecule has 0 unspecified atom stereocenters. The van der Waals surface area contributed by atoms with Gasteiger partial charge in [-0.1, -0.05) is 29.8 Å². The van der Waals surface area contributed by atoms with Gasteiger partial charge in [0.1, 0.15) is 11.8 Å². The fourth-order valence-electron chi connectivity index (χ4n) is 2.59. The van der Waals surface area contributed by atoms with E-state index in [-0.39, 0.29) is 11.0 Å². The zero-order chi connectivity index (χ0) is 15.9. The molecule has 0 aliphatic carbocycles. The van der Waals surface area contributed by atoms with Crippen molar-refractivity contribution in [2.45, 2.75) is 26.9 Å². The molecular weight excluding hydrogens is 305 g/mol. The first-order valence-corrected chi connectivity index (χ1v) is 7.26. The van der Waals surface area contributed by atoms with Crippen molar-refractivity contribution in [1.29, 1.82) is 0 Å². The smallest absolute Gasteiger partial charge is 0.217 e. The van der Waals surface area contributed by atoms with Crippen molar-refractivity contribution in [3.05, 3.63) is 57.4 Å². The van der Waals surface area contributed by atoms with Crippen LogP contribution in [0.3, 0.4) is 0 Å². The molecule has 0 aliphatic heterocycles. The average molecular weight is 320 g/mol. The summed E-state index contributed by atoms with van der Waals surface area (Å²) in [4.78, 5) is 4.26. The van der Waals surface area contributed by atoms with E-state index in [0.717, 1.165) is 22.4 Å². The third-order valence-electron chi connectivity index (χ3n) is 3.90. The SMILES string of the molecule is Cc1nn2c(O)cc(Cl)nc2c1Cc1cccc(CF)c1C. The molecule has 1 N–H and O–H groups in total. The molecule has 0 saturated heterocycles. The summed E-state index contributed by atoms with van der Waals surface area (Å²) in [6, 6.07) is 6.93. The molecule has 0 aliphatic rings. The first kappa shape index (κ1) is 14.8. The highest BCUT2D eigenvalue weighted by molar-refractivity contribution is 6.29. The first-order chi connectivity index (χ1) is 10.5. The van der Waals surface area contributed by atoms with Crippen LogP contribution in [0.1, 0.15) is 27.9 Å². The lowest BCUT2D eigenvalue weighted by Crippen LogP contribution is -1.98. The largest absolute Gasteiger partial charge is 0.493 e. The number of aryl methyl sites for hydroxylation is 1. The second-order valence-corrected chi connectivity index (χ2v) is 5.64. The van der Waals surface area contributed by atoms with Crippen LogP contribution in [-0.2, 0) is 13.1 Å². The van der Waals surface area contributed by atoms with Crippen LogP contribution in [0, 0.1) is 13.8 Å². The van der Waals surface area contributed by atoms with Crippen LogP contribution in [0.2, 0.25) is 5.15 Å². The van der Waals surface area contributed by atoms with Crippen molar-refractivity contribution < 1.29 is 9.50 Å². The van der Waals surface area contributed by atoms with Crippen molar-refractivity contribution in [2.75, 3.05) is 0 Å². The van der Waals surface area contributed by atoms with Crippen LogP contribution in [0.5, 0.6) is 5.88 Å². The minimum Gasteiger partial charge on any atom is -0.493 e. The molecule has 3 rings (SSSR count). The Balaban J connectivity index is 2.14. The molecule has 0 atom stereocenters. The van der Waals surface area contributed by atoms with E-state index >= 15 is 0 Å². The van der Waals surface area contributed by atoms with Crippen molar-refractivity contribution in [3.8, 4) is 5.88 Å². The quantitative estimate of drug-likeness (QED) is 0.748. The molecule has 114 valence electrons. The summed E-state index contributed by atoms with van der Waals surface area (Å²) in [7, 11) is 0. The molecule has 3 aromatic rings. The van der Waals surface area contributed by atoms with Crippen LogP contribution < -0.4 is 0 Å². The van der Waals surface area contributed by atoms with Crippen molar-refractivity contribution in [1.82, 2.24) is 14.6 Å². The molecule has 4 nitrogen and oxygen atoms in total. The average Bonchev–Trinajstić information content (AvgIpc) is 2.78. The van der Waals surface area contributed by atoms with Crippen LogP contribution in [-0.4, -0.2) is 19.7 Å². The molecule has 0 amide bonds. The first-order valence-electron chi connectivity index (χ1n) is 6.88. The highest BCUT2D eigenvalue weighted by Crippen LogP contribution is 2.26. The Morgan fingerprint density at radius 3 is 2.73 bits per heavy atom. The monoisotopic (exact) mass is 319 g/mol. The number of alkyl halides is 1. The van der Waals surface area contributed by atoms with E-state index in [1.807, 2.05) is 26.0 Å². The van der Waals surface area contributed by atoms with Crippen molar-refractivity contribution in [3.63, 3.8) is 0 Å². The topological polar surface area (TPSA) is 50.4 Å². The van der Waals surface area contributed by atoms with Crippen LogP contribution in [0.25, 0.3) is 5.65 Å². The lowest BCUT2D eigenvalue weighted by Gasteiger charge is -2.09. The van der Waals surface area contributed by atoms with E-state index in [4.69, 9.17) is 11.6 Å². The summed E-state index contributed by atoms with van der Waals surface area (Å²) in [5.74, 6) is -0.0569. The number of fused-ring (bicyclic) bond motifs is 1. The zero-order valence-corrected chi connectivity index (χ0v) is 13.0. The number of nitrogens with zero attached hydrogens (tertiary/aromatic N) is 3. The molecule has 0 bridgehead atoms. The van der Waals surface area contributed by atoms with E-state index in [1.54, 1.807) is 6.07 Å². The fourth-order valence-corrected chi connectivity index (χ4v) is 2.77. The number of halogens is 2. The van der Waals surface area contributed by atoms with E-state index in [2.05, 4.69) is 10.1 Å². The van der Waals surface area contributed by atoms with Gasteiger partial charge in [0.05, 0.1) is 5.69 Å². The predicted molar refractivity (Wildman–Crippen MR) is 83.2 cm³/mol. The maximum absolute atomic E-state index is 13.0. The summed E-state index contributed by atoms with van der Waals surface area (Å²) < 4.78 is 14.4. The van der Waals surface area contributed by atoms with Crippen LogP contribution in [0.4, 0.5) is 4.39 Å². The van der Waals surface area contributed by atoms with E-state index in [9.17, 15) is 9.50 Å². The Morgan fingerprint density at radius 2 is 2.00 bits per heavy atom. The van der Waals surface area contributed by atoms with Gasteiger partial charge in [0, 0.05) is 18.1 Å². The zero-order valence-electron chi connectivity index (χ0n) is 12.3. The van der Waals surface area contributed by atoms with E-state index in [1.165, 1.54) is 10.6 Å². The van der Waals surface area contributed by atoms with Crippen molar-refractivity contribution >= 4 is 17.2 Å². The summed E-state index contributed by atoms with van der Waals surface area (Å²) in [6.45, 7) is 3.27. The van der Waals surface area contributed by atoms with Gasteiger partial charge in [0.15, 0.2) is 5.65 Å². The van der Waals surface area contributed by atoms with Gasteiger partial charge in [-0.15, -0.1) is 0 Å². The molecular formula is C16H15ClFN3O. The van der Waals surface area contributed by atoms with Gasteiger partial charge in [0.25, 0.3) is 0 Å². The molecule has 22 heavy (non-hydrogen) atoms. The Bertz CT molecular complexity index is 860. The number of hydrogen-bond donors (Lipinski definition) is 1. The van der Waals surface area contributed by atoms with Gasteiger partial charge in [-0.05, 0) is 30.5 Å². The Kier molecular flexibility index (Phi) is 3.74. The number of rotatable bonds is 3. The number of aromatic hydroxyl groups is 1. The number of aromatic nitrogens is 3. The Labute approximate surface area is 132 Å². The van der Waals surface area contributed by atoms with Gasteiger partial charge in [0.2, 0.25) is 5.88 Å². The van der Waals surface area contributed by atoms with Crippen LogP contribution in [0.15, 0.2) is 24.3 Å². The minimum atomic E-state index is -0.488. The highest BCUT2D eigenvalue weighted by atomic mass is 35.5. The molecule has 0 fully saturated rings. The maximum Gasteiger partial charge on any atom is 0.217 e. The molecule has 6 heteroatoms. The molecule has 1 aromatic carbocycles. The third kappa shape index (κ3) is 2.41. The standard InChI is InChI=1S/C16H15ClFN3O/c1-9-11(4-3-5-12(9)8-18)6-13-10(2)20-21-15(22)7-14(17)19-16(13)21/h3-5,7,22H,6,8H2,1-2H3. The highest BCUT2D eigenvalue weighted by Gasteiger charge is 2.16. The van der Waals surface area contributed by atoms with E-state index < -0.39 is 6.67 Å². The third-order valence-corrected chi connectivity index (χ3v) is 4.10. The fraction of sp³-hybridized carbons (Fsp3) is 0.250. The summed E-state index contributed by atoms with van der Waals surface area (Å²) in [6.07, 6.45) is 0.557. The lowest BCUT2D eigenvalue weighted by molar-refractivity contribution is 0.435. The molecule has 0 radical (unpaired) electrons. The van der Waals surface area contributed by atoms with Gasteiger partial charge in [-0.25, -0.2) is 9.37 Å². The van der Waals surface area contributed by atoms with E-state index in [0.29, 0.717) is 17.6 Å². The maximum atomic E-state index is 13.0. The summed E-state index contributed by atoms with van der Waals surface area (Å²) in [5, 5.41) is 14.4.